The van der Waals surface area contributed by atoms with E-state index in [1.54, 1.807) is 38.1 Å². The number of hydrogen-bond acceptors (Lipinski definition) is 3. The Morgan fingerprint density at radius 3 is 2.10 bits per heavy atom. The van der Waals surface area contributed by atoms with Gasteiger partial charge in [-0.25, -0.2) is 4.39 Å². The maximum Gasteiger partial charge on any atom is 0.162 e. The average Bonchev–Trinajstić information content (AvgIpc) is 3.70. The monoisotopic (exact) mass is 552 g/mol. The van der Waals surface area contributed by atoms with E-state index in [1.807, 2.05) is 46.8 Å². The molecule has 0 aromatic heterocycles. The number of aliphatic hydroxyl groups excluding tert-OH is 1. The lowest BCUT2D eigenvalue weighted by Crippen LogP contribution is -2.15. The van der Waals surface area contributed by atoms with Crippen LogP contribution in [0.5, 0.6) is 0 Å². The van der Waals surface area contributed by atoms with Gasteiger partial charge >= 0.3 is 0 Å². The molecule has 1 aliphatic carbocycles. The number of rotatable bonds is 9. The lowest BCUT2D eigenvalue weighted by molar-refractivity contribution is 0.0785. The average molecular weight is 553 g/mol. The van der Waals surface area contributed by atoms with E-state index < -0.39 is 5.60 Å². The van der Waals surface area contributed by atoms with Crippen molar-refractivity contribution in [2.45, 2.75) is 105 Å². The molecule has 0 saturated heterocycles. The Labute approximate surface area is 243 Å². The SMILES string of the molecule is C=C(C)C.C=C/C(=C\C)c1cc(C(C)(C)O)ccc1F.CC.CCC1(c2ccc(C(=O)CCCO)cc2C)CC1. The molecule has 0 atom stereocenters. The molecule has 3 nitrogen and oxygen atoms in total. The van der Waals surface area contributed by atoms with Gasteiger partial charge in [-0.1, -0.05) is 63.3 Å². The summed E-state index contributed by atoms with van der Waals surface area (Å²) in [6.07, 6.45) is 8.13. The standard InChI is InChI=1S/C16H22O2.C14H17FO.C4H8.C2H6/c1-3-16(8-9-16)14-7-6-13(11-12(14)2)15(18)5-4-10-17;1-5-10(6-2)12-9-11(14(3,4)16)7-8-13(12)15;1-4(2)3;1-2/h6-7,11,17H,3-5,8-10H2,1-2H3;5-9,16H,1H2,2-4H3;1H2,2-3H3;1-2H3/b;10-6+;;. The van der Waals surface area contributed by atoms with Crippen LogP contribution in [0.25, 0.3) is 5.57 Å². The van der Waals surface area contributed by atoms with Gasteiger partial charge in [0.1, 0.15) is 5.82 Å². The normalized spacial score (nSPS) is 13.3. The first-order valence-corrected chi connectivity index (χ1v) is 14.4. The van der Waals surface area contributed by atoms with E-state index in [4.69, 9.17) is 5.11 Å². The topological polar surface area (TPSA) is 57.5 Å². The number of ketones is 1. The second-order valence-electron chi connectivity index (χ2n) is 10.8. The van der Waals surface area contributed by atoms with Crippen LogP contribution in [-0.4, -0.2) is 22.6 Å². The molecular formula is C36H53FO3. The lowest BCUT2D eigenvalue weighted by Gasteiger charge is -2.19. The highest BCUT2D eigenvalue weighted by Crippen LogP contribution is 2.51. The van der Waals surface area contributed by atoms with Crippen LogP contribution < -0.4 is 0 Å². The Morgan fingerprint density at radius 2 is 1.70 bits per heavy atom. The maximum absolute atomic E-state index is 13.6. The molecule has 0 bridgehead atoms. The van der Waals surface area contributed by atoms with Crippen molar-refractivity contribution in [2.75, 3.05) is 6.61 Å². The molecule has 0 aliphatic heterocycles. The fourth-order valence-electron chi connectivity index (χ4n) is 4.29. The Morgan fingerprint density at radius 1 is 1.12 bits per heavy atom. The third kappa shape index (κ3) is 11.7. The lowest BCUT2D eigenvalue weighted by atomic mass is 9.88. The van der Waals surface area contributed by atoms with Crippen LogP contribution in [0.15, 0.2) is 67.3 Å². The summed E-state index contributed by atoms with van der Waals surface area (Å²) in [5.41, 5.74) is 5.93. The van der Waals surface area contributed by atoms with Crippen LogP contribution in [0, 0.1) is 12.7 Å². The minimum Gasteiger partial charge on any atom is -0.396 e. The van der Waals surface area contributed by atoms with Crippen LogP contribution in [0.4, 0.5) is 4.39 Å². The van der Waals surface area contributed by atoms with E-state index in [-0.39, 0.29) is 18.2 Å². The summed E-state index contributed by atoms with van der Waals surface area (Å²) in [4.78, 5) is 11.9. The van der Waals surface area contributed by atoms with E-state index in [1.165, 1.54) is 42.0 Å². The molecule has 2 aromatic carbocycles. The van der Waals surface area contributed by atoms with E-state index in [0.29, 0.717) is 29.4 Å². The van der Waals surface area contributed by atoms with Gasteiger partial charge in [-0.15, -0.1) is 6.58 Å². The summed E-state index contributed by atoms with van der Waals surface area (Å²) in [6, 6.07) is 10.7. The minimum atomic E-state index is -0.970. The van der Waals surface area contributed by atoms with E-state index in [0.717, 1.165) is 11.1 Å². The summed E-state index contributed by atoms with van der Waals surface area (Å²) >= 11 is 0. The molecule has 0 heterocycles. The number of hydrogen-bond donors (Lipinski definition) is 2. The van der Waals surface area contributed by atoms with Gasteiger partial charge < -0.3 is 10.2 Å². The van der Waals surface area contributed by atoms with Crippen molar-refractivity contribution in [3.05, 3.63) is 101 Å². The Balaban J connectivity index is 0.000000640. The maximum atomic E-state index is 13.6. The quantitative estimate of drug-likeness (QED) is 0.185. The Bertz CT molecular complexity index is 1130. The highest BCUT2D eigenvalue weighted by molar-refractivity contribution is 5.96. The molecule has 4 heteroatoms. The molecule has 1 aliphatic rings. The summed E-state index contributed by atoms with van der Waals surface area (Å²) in [6.45, 7) is 24.8. The summed E-state index contributed by atoms with van der Waals surface area (Å²) in [5.74, 6) is -0.166. The fourth-order valence-corrected chi connectivity index (χ4v) is 4.29. The number of Topliss-reactive ketones (excluding diaryl/α,β-unsaturated/α-hetero) is 1. The predicted molar refractivity (Wildman–Crippen MR) is 170 cm³/mol. The van der Waals surface area contributed by atoms with Gasteiger partial charge in [-0.3, -0.25) is 4.79 Å². The van der Waals surface area contributed by atoms with Gasteiger partial charge in [0.05, 0.1) is 5.60 Å². The zero-order chi connectivity index (χ0) is 31.1. The zero-order valence-corrected chi connectivity index (χ0v) is 26.5. The first-order chi connectivity index (χ1) is 18.8. The zero-order valence-electron chi connectivity index (χ0n) is 26.5. The molecule has 1 saturated carbocycles. The van der Waals surface area contributed by atoms with Crippen LogP contribution in [0.3, 0.4) is 0 Å². The summed E-state index contributed by atoms with van der Waals surface area (Å²) < 4.78 is 13.6. The van der Waals surface area contributed by atoms with Crippen molar-refractivity contribution in [2.24, 2.45) is 0 Å². The van der Waals surface area contributed by atoms with Crippen molar-refractivity contribution in [1.82, 2.24) is 0 Å². The van der Waals surface area contributed by atoms with Crippen LogP contribution >= 0.6 is 0 Å². The van der Waals surface area contributed by atoms with Crippen LogP contribution in [-0.2, 0) is 11.0 Å². The Kier molecular flexibility index (Phi) is 16.5. The molecule has 0 radical (unpaired) electrons. The number of aliphatic hydroxyl groups is 2. The first-order valence-electron chi connectivity index (χ1n) is 14.4. The number of benzene rings is 2. The molecular weight excluding hydrogens is 499 g/mol. The molecule has 2 aromatic rings. The second kappa shape index (κ2) is 17.8. The third-order valence-corrected chi connectivity index (χ3v) is 6.73. The van der Waals surface area contributed by atoms with Gasteiger partial charge in [-0.05, 0) is 113 Å². The van der Waals surface area contributed by atoms with Crippen molar-refractivity contribution in [1.29, 1.82) is 0 Å². The Hall–Kier alpha value is -2.82. The van der Waals surface area contributed by atoms with Gasteiger partial charge in [0.2, 0.25) is 0 Å². The molecule has 222 valence electrons. The van der Waals surface area contributed by atoms with Crippen molar-refractivity contribution in [3.8, 4) is 0 Å². The number of allylic oxidation sites excluding steroid dienone is 4. The smallest absolute Gasteiger partial charge is 0.162 e. The van der Waals surface area contributed by atoms with E-state index in [9.17, 15) is 14.3 Å². The molecule has 3 rings (SSSR count). The van der Waals surface area contributed by atoms with Crippen molar-refractivity contribution < 1.29 is 19.4 Å². The highest BCUT2D eigenvalue weighted by atomic mass is 19.1. The van der Waals surface area contributed by atoms with Crippen molar-refractivity contribution in [3.63, 3.8) is 0 Å². The molecule has 0 spiro atoms. The van der Waals surface area contributed by atoms with Crippen LogP contribution in [0.1, 0.15) is 120 Å². The number of carbonyl (C=O) groups is 1. The third-order valence-electron chi connectivity index (χ3n) is 6.73. The van der Waals surface area contributed by atoms with E-state index in [2.05, 4.69) is 33.1 Å². The van der Waals surface area contributed by atoms with Gasteiger partial charge in [0, 0.05) is 24.2 Å². The van der Waals surface area contributed by atoms with Gasteiger partial charge in [-0.2, -0.15) is 0 Å². The molecule has 40 heavy (non-hydrogen) atoms. The van der Waals surface area contributed by atoms with Crippen molar-refractivity contribution >= 4 is 11.4 Å². The molecule has 0 unspecified atom stereocenters. The second-order valence-corrected chi connectivity index (χ2v) is 10.8. The fraction of sp³-hybridized carbons (Fsp3) is 0.472. The van der Waals surface area contributed by atoms with E-state index >= 15 is 0 Å². The molecule has 2 N–H and O–H groups in total. The number of carbonyl (C=O) groups excluding carboxylic acids is 1. The minimum absolute atomic E-state index is 0.0851. The first kappa shape index (κ1) is 37.2. The summed E-state index contributed by atoms with van der Waals surface area (Å²) in [7, 11) is 0. The number of halogens is 1. The van der Waals surface area contributed by atoms with Gasteiger partial charge in [0.25, 0.3) is 0 Å². The van der Waals surface area contributed by atoms with Crippen LogP contribution in [0.2, 0.25) is 0 Å². The predicted octanol–water partition coefficient (Wildman–Crippen LogP) is 9.64. The molecule has 0 amide bonds. The number of aryl methyl sites for hydroxylation is 1. The summed E-state index contributed by atoms with van der Waals surface area (Å²) in [5, 5.41) is 18.6. The molecule has 1 fully saturated rings. The van der Waals surface area contributed by atoms with Gasteiger partial charge in [0.15, 0.2) is 5.78 Å². The highest BCUT2D eigenvalue weighted by Gasteiger charge is 2.43. The largest absolute Gasteiger partial charge is 0.396 e.